The van der Waals surface area contributed by atoms with Crippen LogP contribution in [-0.2, 0) is 14.9 Å². The minimum Gasteiger partial charge on any atom is -0.288 e. The molecular formula is C7H10N2O3S. The van der Waals surface area contributed by atoms with Gasteiger partial charge in [0.1, 0.15) is 4.90 Å². The highest BCUT2D eigenvalue weighted by Gasteiger charge is 2.20. The molecule has 0 aromatic carbocycles. The molecule has 0 unspecified atom stereocenters. The molecule has 0 aliphatic rings. The molecule has 0 N–H and O–H groups in total. The first-order valence-electron chi connectivity index (χ1n) is 3.52. The highest BCUT2D eigenvalue weighted by molar-refractivity contribution is 7.89. The van der Waals surface area contributed by atoms with Crippen molar-refractivity contribution in [3.63, 3.8) is 0 Å². The lowest BCUT2D eigenvalue weighted by Gasteiger charge is -2.13. The smallest absolute Gasteiger partial charge is 0.266 e. The van der Waals surface area contributed by atoms with Crippen LogP contribution in [0.1, 0.15) is 0 Å². The third-order valence-electron chi connectivity index (χ3n) is 1.53. The third kappa shape index (κ3) is 2.03. The van der Waals surface area contributed by atoms with E-state index in [1.165, 1.54) is 32.6 Å². The fourth-order valence-corrected chi connectivity index (χ4v) is 1.68. The van der Waals surface area contributed by atoms with Crippen LogP contribution >= 0.6 is 0 Å². The molecule has 0 saturated carbocycles. The predicted octanol–water partition coefficient (Wildman–Crippen LogP) is 0.264. The summed E-state index contributed by atoms with van der Waals surface area (Å²) in [5.41, 5.74) is 0. The molecule has 0 spiro atoms. The molecule has 1 aromatic rings. The molecule has 0 radical (unpaired) electrons. The zero-order valence-corrected chi connectivity index (χ0v) is 8.15. The lowest BCUT2D eigenvalue weighted by atomic mass is 10.5. The average molecular weight is 202 g/mol. The van der Waals surface area contributed by atoms with E-state index in [0.717, 1.165) is 4.47 Å². The number of nitrogens with zero attached hydrogens (tertiary/aromatic N) is 2. The van der Waals surface area contributed by atoms with Gasteiger partial charge in [-0.05, 0) is 12.1 Å². The molecule has 0 aliphatic heterocycles. The van der Waals surface area contributed by atoms with Crippen LogP contribution in [0, 0.1) is 0 Å². The number of hydrogen-bond donors (Lipinski definition) is 0. The first-order valence-corrected chi connectivity index (χ1v) is 4.96. The second-order valence-corrected chi connectivity index (χ2v) is 4.22. The van der Waals surface area contributed by atoms with Crippen LogP contribution in [0.3, 0.4) is 0 Å². The summed E-state index contributed by atoms with van der Waals surface area (Å²) in [5, 5.41) is 0. The van der Waals surface area contributed by atoms with Crippen molar-refractivity contribution in [1.29, 1.82) is 0 Å². The maximum Gasteiger partial charge on any atom is 0.266 e. The Morgan fingerprint density at radius 3 is 2.69 bits per heavy atom. The van der Waals surface area contributed by atoms with Crippen molar-refractivity contribution in [2.75, 3.05) is 14.2 Å². The van der Waals surface area contributed by atoms with E-state index in [1.54, 1.807) is 6.07 Å². The Hall–Kier alpha value is -0.980. The van der Waals surface area contributed by atoms with Crippen LogP contribution in [0.4, 0.5) is 0 Å². The van der Waals surface area contributed by atoms with E-state index < -0.39 is 10.0 Å². The summed E-state index contributed by atoms with van der Waals surface area (Å²) < 4.78 is 23.8. The lowest BCUT2D eigenvalue weighted by Crippen LogP contribution is -2.25. The quantitative estimate of drug-likeness (QED) is 0.660. The molecule has 1 heterocycles. The molecule has 0 fully saturated rings. The Morgan fingerprint density at radius 1 is 1.54 bits per heavy atom. The van der Waals surface area contributed by atoms with Gasteiger partial charge in [0.05, 0.1) is 7.11 Å². The molecule has 0 atom stereocenters. The Balaban J connectivity index is 3.09. The van der Waals surface area contributed by atoms with Crippen LogP contribution < -0.4 is 0 Å². The summed E-state index contributed by atoms with van der Waals surface area (Å²) in [6, 6.07) is 3.01. The molecule has 5 nitrogen and oxygen atoms in total. The topological polar surface area (TPSA) is 59.5 Å². The van der Waals surface area contributed by atoms with Gasteiger partial charge < -0.3 is 0 Å². The molecule has 0 bridgehead atoms. The summed E-state index contributed by atoms with van der Waals surface area (Å²) in [6.45, 7) is 0. The van der Waals surface area contributed by atoms with E-state index >= 15 is 0 Å². The summed E-state index contributed by atoms with van der Waals surface area (Å²) >= 11 is 0. The van der Waals surface area contributed by atoms with Gasteiger partial charge in [0.25, 0.3) is 10.0 Å². The largest absolute Gasteiger partial charge is 0.288 e. The molecule has 1 rings (SSSR count). The molecule has 0 aliphatic carbocycles. The maximum absolute atomic E-state index is 11.5. The van der Waals surface area contributed by atoms with E-state index in [1.807, 2.05) is 0 Å². The van der Waals surface area contributed by atoms with E-state index in [9.17, 15) is 8.42 Å². The van der Waals surface area contributed by atoms with Gasteiger partial charge in [-0.25, -0.2) is 8.42 Å². The molecule has 0 amide bonds. The Labute approximate surface area is 77.0 Å². The van der Waals surface area contributed by atoms with E-state index in [-0.39, 0.29) is 4.90 Å². The molecule has 6 heteroatoms. The number of sulfonamides is 1. The van der Waals surface area contributed by atoms with Gasteiger partial charge in [0.15, 0.2) is 0 Å². The SMILES string of the molecule is CON(C)S(=O)(=O)c1cccnc1. The normalized spacial score (nSPS) is 11.9. The number of pyridine rings is 1. The van der Waals surface area contributed by atoms with Gasteiger partial charge >= 0.3 is 0 Å². The molecular weight excluding hydrogens is 192 g/mol. The van der Waals surface area contributed by atoms with Gasteiger partial charge in [-0.15, -0.1) is 0 Å². The Kier molecular flexibility index (Phi) is 2.97. The number of hydroxylamine groups is 1. The molecule has 72 valence electrons. The minimum atomic E-state index is -3.54. The van der Waals surface area contributed by atoms with Crippen LogP contribution in [0.15, 0.2) is 29.4 Å². The van der Waals surface area contributed by atoms with Gasteiger partial charge in [-0.1, -0.05) is 4.47 Å². The first kappa shape index (κ1) is 10.1. The second-order valence-electron chi connectivity index (χ2n) is 2.29. The zero-order valence-electron chi connectivity index (χ0n) is 7.34. The molecule has 1 aromatic heterocycles. The van der Waals surface area contributed by atoms with Crippen molar-refractivity contribution in [3.05, 3.63) is 24.5 Å². The summed E-state index contributed by atoms with van der Waals surface area (Å²) in [4.78, 5) is 8.40. The fourth-order valence-electron chi connectivity index (χ4n) is 0.746. The van der Waals surface area contributed by atoms with Crippen molar-refractivity contribution < 1.29 is 13.3 Å². The summed E-state index contributed by atoms with van der Waals surface area (Å²) in [5.74, 6) is 0. The van der Waals surface area contributed by atoms with E-state index in [2.05, 4.69) is 9.82 Å². The van der Waals surface area contributed by atoms with Gasteiger partial charge in [-0.3, -0.25) is 9.82 Å². The predicted molar refractivity (Wildman–Crippen MR) is 46.2 cm³/mol. The minimum absolute atomic E-state index is 0.111. The van der Waals surface area contributed by atoms with E-state index in [0.29, 0.717) is 0 Å². The number of hydrogen-bond acceptors (Lipinski definition) is 4. The van der Waals surface area contributed by atoms with Gasteiger partial charge in [0, 0.05) is 19.4 Å². The maximum atomic E-state index is 11.5. The number of aromatic nitrogens is 1. The zero-order chi connectivity index (χ0) is 9.90. The highest BCUT2D eigenvalue weighted by Crippen LogP contribution is 2.11. The van der Waals surface area contributed by atoms with Crippen molar-refractivity contribution in [3.8, 4) is 0 Å². The fraction of sp³-hybridized carbons (Fsp3) is 0.286. The van der Waals surface area contributed by atoms with Crippen LogP contribution in [0.5, 0.6) is 0 Å². The highest BCUT2D eigenvalue weighted by atomic mass is 32.2. The van der Waals surface area contributed by atoms with E-state index in [4.69, 9.17) is 0 Å². The monoisotopic (exact) mass is 202 g/mol. The molecule has 13 heavy (non-hydrogen) atoms. The summed E-state index contributed by atoms with van der Waals surface area (Å²) in [6.07, 6.45) is 2.77. The Morgan fingerprint density at radius 2 is 2.23 bits per heavy atom. The second kappa shape index (κ2) is 3.82. The standard InChI is InChI=1S/C7H10N2O3S/c1-9(12-2)13(10,11)7-4-3-5-8-6-7/h3-6H,1-2H3. The lowest BCUT2D eigenvalue weighted by molar-refractivity contribution is -0.0258. The molecule has 0 saturated heterocycles. The van der Waals surface area contributed by atoms with Crippen molar-refractivity contribution >= 4 is 10.0 Å². The summed E-state index contributed by atoms with van der Waals surface area (Å²) in [7, 11) is -0.933. The average Bonchev–Trinajstić information content (AvgIpc) is 2.18. The third-order valence-corrected chi connectivity index (χ3v) is 3.19. The van der Waals surface area contributed by atoms with Gasteiger partial charge in [0.2, 0.25) is 0 Å². The van der Waals surface area contributed by atoms with Crippen LogP contribution in [0.25, 0.3) is 0 Å². The number of rotatable bonds is 3. The van der Waals surface area contributed by atoms with Crippen LogP contribution in [0.2, 0.25) is 0 Å². The Bertz CT molecular complexity index is 363. The first-order chi connectivity index (χ1) is 6.09. The van der Waals surface area contributed by atoms with Crippen molar-refractivity contribution in [1.82, 2.24) is 9.45 Å². The van der Waals surface area contributed by atoms with Gasteiger partial charge in [-0.2, -0.15) is 0 Å². The van der Waals surface area contributed by atoms with Crippen molar-refractivity contribution in [2.45, 2.75) is 4.90 Å². The van der Waals surface area contributed by atoms with Crippen molar-refractivity contribution in [2.24, 2.45) is 0 Å². The van der Waals surface area contributed by atoms with Crippen LogP contribution in [-0.4, -0.2) is 32.0 Å².